The van der Waals surface area contributed by atoms with Crippen LogP contribution in [0.5, 0.6) is 0 Å². The standard InChI is InChI=1S/C48H73N3O21S3/c1-10-27(6)40(58)49-31(43(61)67-11-2)24-73-38(56)22-35(53)47(65)71-20-16-18-29(8)42(60)51-33(45(63)69-13-4)26-75-39(57)23-36(54)48(66)72-30(9)19-15-17-28(7)41(59)50-32(44(62)68-12-3)25-74-37(55)21-34(52)46(64)70-14-5/h27-33,35,53H,10-26H2,1-9H3,(H,49,58)(H,50,59)(H,51,60). The van der Waals surface area contributed by atoms with Gasteiger partial charge in [-0.1, -0.05) is 63.0 Å². The maximum Gasteiger partial charge on any atom is 0.375 e. The number of hydrogen-bond acceptors (Lipinski definition) is 24. The van der Waals surface area contributed by atoms with Gasteiger partial charge in [0.25, 0.3) is 0 Å². The second kappa shape index (κ2) is 39.0. The molecule has 0 aliphatic rings. The van der Waals surface area contributed by atoms with Crippen molar-refractivity contribution in [3.8, 4) is 0 Å². The second-order valence-corrected chi connectivity index (χ2v) is 19.9. The lowest BCUT2D eigenvalue weighted by Crippen LogP contribution is -2.46. The zero-order valence-electron chi connectivity index (χ0n) is 44.0. The van der Waals surface area contributed by atoms with E-state index in [2.05, 4.69) is 20.7 Å². The van der Waals surface area contributed by atoms with Gasteiger partial charge in [0.1, 0.15) is 18.1 Å². The van der Waals surface area contributed by atoms with Crippen LogP contribution >= 0.6 is 35.3 Å². The van der Waals surface area contributed by atoms with E-state index in [9.17, 15) is 72.2 Å². The minimum Gasteiger partial charge on any atom is -0.464 e. The summed E-state index contributed by atoms with van der Waals surface area (Å²) in [6.45, 7) is 13.8. The van der Waals surface area contributed by atoms with Crippen LogP contribution in [-0.2, 0) is 95.5 Å². The Morgan fingerprint density at radius 2 is 0.840 bits per heavy atom. The van der Waals surface area contributed by atoms with E-state index in [4.69, 9.17) is 23.7 Å². The van der Waals surface area contributed by atoms with Crippen LogP contribution in [-0.4, -0.2) is 166 Å². The highest BCUT2D eigenvalue weighted by molar-refractivity contribution is 8.14. The van der Waals surface area contributed by atoms with Crippen LogP contribution in [0.15, 0.2) is 0 Å². The molecule has 0 aliphatic carbocycles. The van der Waals surface area contributed by atoms with Gasteiger partial charge in [0, 0.05) is 35.0 Å². The number of nitrogens with one attached hydrogen (secondary N) is 3. The molecular weight excluding hydrogens is 1050 g/mol. The molecule has 0 saturated carbocycles. The summed E-state index contributed by atoms with van der Waals surface area (Å²) in [4.78, 5) is 174. The number of carbonyl (C=O) groups is 14. The third-order valence-electron chi connectivity index (χ3n) is 10.4. The molecule has 3 amide bonds. The van der Waals surface area contributed by atoms with Crippen LogP contribution < -0.4 is 16.0 Å². The fourth-order valence-electron chi connectivity index (χ4n) is 5.85. The SMILES string of the molecule is CCOC(=O)C(=O)CC(=O)SCC(NC(=O)C(C)CCCC(C)OC(=O)C(=O)CC(=O)SCC(NC(=O)C(C)CCCOC(=O)C(O)CC(=O)SCC(NC(=O)C(C)CC)C(=O)OCC)C(=O)OCC)C(=O)OCC. The second-order valence-electron chi connectivity index (χ2n) is 16.7. The number of ketones is 2. The fraction of sp³-hybridized carbons (Fsp3) is 0.708. The minimum atomic E-state index is -1.83. The van der Waals surface area contributed by atoms with Crippen molar-refractivity contribution in [1.82, 2.24) is 16.0 Å². The minimum absolute atomic E-state index is 0.0182. The Labute approximate surface area is 449 Å². The molecule has 27 heteroatoms. The number of esters is 6. The molecule has 0 rings (SSSR count). The molecule has 0 aromatic carbocycles. The lowest BCUT2D eigenvalue weighted by Gasteiger charge is -2.20. The van der Waals surface area contributed by atoms with Gasteiger partial charge in [-0.05, 0) is 73.1 Å². The normalized spacial score (nSPS) is 14.1. The molecule has 0 bridgehead atoms. The number of rotatable bonds is 38. The van der Waals surface area contributed by atoms with E-state index in [0.29, 0.717) is 48.1 Å². The molecule has 0 aromatic rings. The Kier molecular flexibility index (Phi) is 36.2. The van der Waals surface area contributed by atoms with Crippen LogP contribution in [0.4, 0.5) is 0 Å². The summed E-state index contributed by atoms with van der Waals surface area (Å²) in [5.41, 5.74) is 0. The number of aliphatic hydroxyl groups excluding tert-OH is 1. The van der Waals surface area contributed by atoms with Gasteiger partial charge in [-0.2, -0.15) is 0 Å². The zero-order valence-corrected chi connectivity index (χ0v) is 46.4. The molecule has 424 valence electrons. The Morgan fingerprint density at radius 1 is 0.453 bits per heavy atom. The first kappa shape index (κ1) is 69.6. The highest BCUT2D eigenvalue weighted by Gasteiger charge is 2.31. The van der Waals surface area contributed by atoms with Crippen LogP contribution in [0.3, 0.4) is 0 Å². The Morgan fingerprint density at radius 3 is 1.25 bits per heavy atom. The Bertz CT molecular complexity index is 1990. The van der Waals surface area contributed by atoms with Gasteiger partial charge in [0.2, 0.25) is 29.3 Å². The smallest absolute Gasteiger partial charge is 0.375 e. The van der Waals surface area contributed by atoms with E-state index in [1.165, 1.54) is 27.7 Å². The maximum absolute atomic E-state index is 13.0. The average Bonchev–Trinajstić information content (AvgIpc) is 3.35. The number of hydrogen-bond donors (Lipinski definition) is 4. The summed E-state index contributed by atoms with van der Waals surface area (Å²) in [5, 5.41) is 15.6. The van der Waals surface area contributed by atoms with Gasteiger partial charge < -0.3 is 49.5 Å². The molecule has 24 nitrogen and oxygen atoms in total. The fourth-order valence-corrected chi connectivity index (χ4v) is 8.31. The molecule has 0 radical (unpaired) electrons. The summed E-state index contributed by atoms with van der Waals surface area (Å²) < 4.78 is 29.8. The molecular formula is C48H73N3O21S3. The van der Waals surface area contributed by atoms with Crippen LogP contribution in [0, 0.1) is 17.8 Å². The van der Waals surface area contributed by atoms with Gasteiger partial charge in [-0.25, -0.2) is 28.8 Å². The highest BCUT2D eigenvalue weighted by Crippen LogP contribution is 2.17. The third kappa shape index (κ3) is 30.1. The van der Waals surface area contributed by atoms with Crippen molar-refractivity contribution in [1.29, 1.82) is 0 Å². The molecule has 0 saturated heterocycles. The molecule has 0 heterocycles. The summed E-state index contributed by atoms with van der Waals surface area (Å²) in [5.74, 6) is -12.5. The van der Waals surface area contributed by atoms with E-state index in [-0.39, 0.29) is 76.0 Å². The Hall–Kier alpha value is -5.41. The van der Waals surface area contributed by atoms with Gasteiger partial charge in [0.15, 0.2) is 21.4 Å². The van der Waals surface area contributed by atoms with Crippen molar-refractivity contribution in [2.75, 3.05) is 50.3 Å². The zero-order chi connectivity index (χ0) is 57.2. The van der Waals surface area contributed by atoms with Crippen molar-refractivity contribution in [2.24, 2.45) is 17.8 Å². The van der Waals surface area contributed by atoms with Crippen LogP contribution in [0.2, 0.25) is 0 Å². The van der Waals surface area contributed by atoms with Gasteiger partial charge in [-0.3, -0.25) is 38.4 Å². The van der Waals surface area contributed by atoms with Crippen molar-refractivity contribution < 1.29 is 101 Å². The van der Waals surface area contributed by atoms with Crippen LogP contribution in [0.25, 0.3) is 0 Å². The molecule has 0 aromatic heterocycles. The number of thioether (sulfide) groups is 3. The molecule has 8 unspecified atom stereocenters. The average molecular weight is 1120 g/mol. The van der Waals surface area contributed by atoms with Crippen molar-refractivity contribution in [3.05, 3.63) is 0 Å². The number of Topliss-reactive ketones (excluding diaryl/α,β-unsaturated/α-hetero) is 2. The van der Waals surface area contributed by atoms with Crippen molar-refractivity contribution in [3.63, 3.8) is 0 Å². The van der Waals surface area contributed by atoms with Gasteiger partial charge in [-0.15, -0.1) is 0 Å². The van der Waals surface area contributed by atoms with Crippen LogP contribution in [0.1, 0.15) is 120 Å². The number of ether oxygens (including phenoxy) is 6. The van der Waals surface area contributed by atoms with Gasteiger partial charge in [0.05, 0.1) is 58.4 Å². The van der Waals surface area contributed by atoms with Crippen molar-refractivity contribution in [2.45, 2.75) is 150 Å². The lowest BCUT2D eigenvalue weighted by molar-refractivity contribution is -0.158. The van der Waals surface area contributed by atoms with E-state index in [1.807, 2.05) is 0 Å². The predicted molar refractivity (Wildman–Crippen MR) is 272 cm³/mol. The summed E-state index contributed by atoms with van der Waals surface area (Å²) in [6, 6.07) is -3.73. The largest absolute Gasteiger partial charge is 0.464 e. The van der Waals surface area contributed by atoms with Gasteiger partial charge >= 0.3 is 35.8 Å². The number of amides is 3. The van der Waals surface area contributed by atoms with E-state index in [0.717, 1.165) is 0 Å². The molecule has 0 fully saturated rings. The maximum atomic E-state index is 13.0. The lowest BCUT2D eigenvalue weighted by atomic mass is 10.0. The first-order chi connectivity index (χ1) is 35.3. The molecule has 8 atom stereocenters. The summed E-state index contributed by atoms with van der Waals surface area (Å²) in [6.07, 6.45) is -3.45. The van der Waals surface area contributed by atoms with E-state index < -0.39 is 148 Å². The van der Waals surface area contributed by atoms with E-state index in [1.54, 1.807) is 34.6 Å². The molecule has 4 N–H and O–H groups in total. The monoisotopic (exact) mass is 1120 g/mol. The Balaban J connectivity index is 4.98. The first-order valence-corrected chi connectivity index (χ1v) is 27.5. The van der Waals surface area contributed by atoms with Crippen molar-refractivity contribution >= 4 is 116 Å². The number of carbonyl (C=O) groups excluding carboxylic acids is 14. The quantitative estimate of drug-likeness (QED) is 0.0225. The summed E-state index contributed by atoms with van der Waals surface area (Å²) >= 11 is 1.68. The number of aliphatic hydroxyl groups is 1. The first-order valence-electron chi connectivity index (χ1n) is 24.5. The highest BCUT2D eigenvalue weighted by atomic mass is 32.2. The summed E-state index contributed by atoms with van der Waals surface area (Å²) in [7, 11) is 0. The predicted octanol–water partition coefficient (Wildman–Crippen LogP) is 1.89. The molecule has 0 aliphatic heterocycles. The van der Waals surface area contributed by atoms with E-state index >= 15 is 0 Å². The molecule has 75 heavy (non-hydrogen) atoms. The third-order valence-corrected chi connectivity index (χ3v) is 13.3. The molecule has 0 spiro atoms. The topological polar surface area (TPSA) is 351 Å².